The van der Waals surface area contributed by atoms with Gasteiger partial charge in [-0.05, 0) is 25.3 Å². The molecule has 116 valence electrons. The lowest BCUT2D eigenvalue weighted by molar-refractivity contribution is 0.407. The molecule has 1 aliphatic heterocycles. The molecule has 4 rings (SSSR count). The van der Waals surface area contributed by atoms with Crippen LogP contribution in [0.15, 0.2) is 29.2 Å². The second kappa shape index (κ2) is 6.11. The molecule has 22 heavy (non-hydrogen) atoms. The van der Waals surface area contributed by atoms with Crippen LogP contribution in [0.25, 0.3) is 11.3 Å². The minimum Gasteiger partial charge on any atom is -0.261 e. The highest BCUT2D eigenvalue weighted by molar-refractivity contribution is 7.98. The largest absolute Gasteiger partial charge is 0.261 e. The molecular weight excluding hydrogens is 288 g/mol. The summed E-state index contributed by atoms with van der Waals surface area (Å²) in [5.74, 6) is 1.09. The monoisotopic (exact) mass is 312 g/mol. The van der Waals surface area contributed by atoms with Crippen LogP contribution in [0.1, 0.15) is 62.7 Å². The Labute approximate surface area is 137 Å². The molecule has 0 spiro atoms. The molecule has 1 aromatic carbocycles. The summed E-state index contributed by atoms with van der Waals surface area (Å²) in [5.41, 5.74) is 5.65. The highest BCUT2D eigenvalue weighted by atomic mass is 32.2. The zero-order valence-corrected chi connectivity index (χ0v) is 14.2. The Morgan fingerprint density at radius 2 is 1.91 bits per heavy atom. The molecule has 0 amide bonds. The van der Waals surface area contributed by atoms with Crippen LogP contribution in [-0.4, -0.2) is 9.78 Å². The molecule has 0 unspecified atom stereocenters. The van der Waals surface area contributed by atoms with E-state index in [2.05, 4.69) is 35.9 Å². The Balaban J connectivity index is 1.85. The van der Waals surface area contributed by atoms with Gasteiger partial charge in [0.05, 0.1) is 17.4 Å². The van der Waals surface area contributed by atoms with E-state index in [0.717, 1.165) is 12.2 Å². The summed E-state index contributed by atoms with van der Waals surface area (Å²) in [6, 6.07) is 9.48. The van der Waals surface area contributed by atoms with Crippen molar-refractivity contribution in [3.8, 4) is 11.3 Å². The van der Waals surface area contributed by atoms with E-state index in [4.69, 9.17) is 5.10 Å². The van der Waals surface area contributed by atoms with Crippen molar-refractivity contribution >= 4 is 11.8 Å². The number of hydrogen-bond donors (Lipinski definition) is 0. The summed E-state index contributed by atoms with van der Waals surface area (Å²) in [4.78, 5) is 1.42. The van der Waals surface area contributed by atoms with Gasteiger partial charge in [0.15, 0.2) is 0 Å². The van der Waals surface area contributed by atoms with Gasteiger partial charge in [0.1, 0.15) is 0 Å². The standard InChI is InChI=1S/C19H24N2S/c1-2-17-16-13-22-18-12-8-7-11-15(18)19(16)21(20-17)14-9-5-3-4-6-10-14/h7-8,11-12,14H,2-6,9-10,13H2,1H3. The fourth-order valence-electron chi connectivity index (χ4n) is 3.94. The minimum atomic E-state index is 0.604. The van der Waals surface area contributed by atoms with Gasteiger partial charge < -0.3 is 0 Å². The quantitative estimate of drug-likeness (QED) is 0.670. The molecule has 0 radical (unpaired) electrons. The number of fused-ring (bicyclic) bond motifs is 3. The summed E-state index contributed by atoms with van der Waals surface area (Å²) in [6.07, 6.45) is 9.15. The summed E-state index contributed by atoms with van der Waals surface area (Å²) < 4.78 is 2.41. The average molecular weight is 312 g/mol. The van der Waals surface area contributed by atoms with Gasteiger partial charge in [-0.1, -0.05) is 50.8 Å². The van der Waals surface area contributed by atoms with E-state index < -0.39 is 0 Å². The number of benzene rings is 1. The Bertz CT molecular complexity index is 666. The van der Waals surface area contributed by atoms with Crippen molar-refractivity contribution in [3.05, 3.63) is 35.5 Å². The van der Waals surface area contributed by atoms with Crippen molar-refractivity contribution in [2.45, 2.75) is 68.6 Å². The van der Waals surface area contributed by atoms with E-state index in [-0.39, 0.29) is 0 Å². The van der Waals surface area contributed by atoms with Crippen LogP contribution in [0.2, 0.25) is 0 Å². The molecule has 1 aromatic heterocycles. The number of rotatable bonds is 2. The van der Waals surface area contributed by atoms with Gasteiger partial charge >= 0.3 is 0 Å². The third-order valence-corrected chi connectivity index (χ3v) is 6.21. The van der Waals surface area contributed by atoms with Crippen LogP contribution in [0.4, 0.5) is 0 Å². The van der Waals surface area contributed by atoms with Gasteiger partial charge in [0.2, 0.25) is 0 Å². The molecule has 2 aliphatic rings. The maximum absolute atomic E-state index is 5.08. The highest BCUT2D eigenvalue weighted by Crippen LogP contribution is 2.44. The summed E-state index contributed by atoms with van der Waals surface area (Å²) >= 11 is 1.97. The van der Waals surface area contributed by atoms with Gasteiger partial charge in [-0.15, -0.1) is 11.8 Å². The van der Waals surface area contributed by atoms with E-state index in [0.29, 0.717) is 6.04 Å². The molecule has 2 aromatic rings. The average Bonchev–Trinajstić information content (AvgIpc) is 2.74. The van der Waals surface area contributed by atoms with Crippen LogP contribution in [0.3, 0.4) is 0 Å². The molecule has 0 N–H and O–H groups in total. The maximum atomic E-state index is 5.08. The van der Waals surface area contributed by atoms with Crippen LogP contribution in [0, 0.1) is 0 Å². The van der Waals surface area contributed by atoms with Crippen LogP contribution in [-0.2, 0) is 12.2 Å². The molecular formula is C19H24N2S. The second-order valence-corrected chi connectivity index (χ2v) is 7.52. The van der Waals surface area contributed by atoms with Crippen molar-refractivity contribution in [3.63, 3.8) is 0 Å². The SMILES string of the molecule is CCc1nn(C2CCCCCC2)c2c1CSc1ccccc1-2. The lowest BCUT2D eigenvalue weighted by atomic mass is 10.0. The lowest BCUT2D eigenvalue weighted by Crippen LogP contribution is -2.12. The van der Waals surface area contributed by atoms with Crippen molar-refractivity contribution < 1.29 is 0 Å². The molecule has 1 fully saturated rings. The van der Waals surface area contributed by atoms with Gasteiger partial charge in [-0.2, -0.15) is 5.10 Å². The zero-order valence-electron chi connectivity index (χ0n) is 13.3. The normalized spacial score (nSPS) is 18.6. The molecule has 3 heteroatoms. The van der Waals surface area contributed by atoms with Gasteiger partial charge in [0, 0.05) is 21.8 Å². The van der Waals surface area contributed by atoms with Crippen molar-refractivity contribution in [1.29, 1.82) is 0 Å². The molecule has 2 heterocycles. The number of nitrogens with zero attached hydrogens (tertiary/aromatic N) is 2. The van der Waals surface area contributed by atoms with E-state index in [1.807, 2.05) is 11.8 Å². The Morgan fingerprint density at radius 3 is 2.68 bits per heavy atom. The Kier molecular flexibility index (Phi) is 4.00. The predicted octanol–water partition coefficient (Wildman–Crippen LogP) is 5.61. The van der Waals surface area contributed by atoms with E-state index in [1.165, 1.54) is 65.9 Å². The fourth-order valence-corrected chi connectivity index (χ4v) is 5.04. The van der Waals surface area contributed by atoms with E-state index >= 15 is 0 Å². The first kappa shape index (κ1) is 14.4. The minimum absolute atomic E-state index is 0.604. The Hall–Kier alpha value is -1.22. The van der Waals surface area contributed by atoms with Crippen molar-refractivity contribution in [2.24, 2.45) is 0 Å². The molecule has 0 bridgehead atoms. The number of aromatic nitrogens is 2. The van der Waals surface area contributed by atoms with Gasteiger partial charge in [-0.25, -0.2) is 0 Å². The second-order valence-electron chi connectivity index (χ2n) is 6.50. The molecule has 1 aliphatic carbocycles. The maximum Gasteiger partial charge on any atom is 0.0740 e. The van der Waals surface area contributed by atoms with Crippen LogP contribution >= 0.6 is 11.8 Å². The van der Waals surface area contributed by atoms with E-state index in [1.54, 1.807) is 0 Å². The zero-order chi connectivity index (χ0) is 14.9. The number of hydrogen-bond acceptors (Lipinski definition) is 2. The fraction of sp³-hybridized carbons (Fsp3) is 0.526. The third kappa shape index (κ3) is 2.40. The van der Waals surface area contributed by atoms with Crippen molar-refractivity contribution in [2.75, 3.05) is 0 Å². The summed E-state index contributed by atoms with van der Waals surface area (Å²) in [7, 11) is 0. The van der Waals surface area contributed by atoms with E-state index in [9.17, 15) is 0 Å². The predicted molar refractivity (Wildman–Crippen MR) is 93.3 cm³/mol. The molecule has 0 saturated heterocycles. The van der Waals surface area contributed by atoms with Crippen LogP contribution in [0.5, 0.6) is 0 Å². The first-order valence-corrected chi connectivity index (χ1v) is 9.69. The van der Waals surface area contributed by atoms with Crippen LogP contribution < -0.4 is 0 Å². The van der Waals surface area contributed by atoms with Gasteiger partial charge in [-0.3, -0.25) is 4.68 Å². The third-order valence-electron chi connectivity index (χ3n) is 5.11. The molecule has 1 saturated carbocycles. The Morgan fingerprint density at radius 1 is 1.14 bits per heavy atom. The smallest absolute Gasteiger partial charge is 0.0740 e. The first-order valence-electron chi connectivity index (χ1n) is 8.71. The topological polar surface area (TPSA) is 17.8 Å². The van der Waals surface area contributed by atoms with Gasteiger partial charge in [0.25, 0.3) is 0 Å². The molecule has 0 atom stereocenters. The molecule has 2 nitrogen and oxygen atoms in total. The number of aryl methyl sites for hydroxylation is 1. The van der Waals surface area contributed by atoms with Crippen molar-refractivity contribution in [1.82, 2.24) is 9.78 Å². The first-order chi connectivity index (χ1) is 10.9. The summed E-state index contributed by atoms with van der Waals surface area (Å²) in [6.45, 7) is 2.24. The highest BCUT2D eigenvalue weighted by Gasteiger charge is 2.28. The lowest BCUT2D eigenvalue weighted by Gasteiger charge is -2.22. The number of thioether (sulfide) groups is 1. The summed E-state index contributed by atoms with van der Waals surface area (Å²) in [5, 5.41) is 5.08.